The van der Waals surface area contributed by atoms with Gasteiger partial charge in [-0.05, 0) is 36.4 Å². The van der Waals surface area contributed by atoms with Crippen molar-refractivity contribution in [1.82, 2.24) is 0 Å². The van der Waals surface area contributed by atoms with Crippen molar-refractivity contribution >= 4 is 11.4 Å². The molecule has 3 rings (SSSR count). The van der Waals surface area contributed by atoms with Crippen LogP contribution in [0.2, 0.25) is 0 Å². The predicted molar refractivity (Wildman–Crippen MR) is 82.9 cm³/mol. The van der Waals surface area contributed by atoms with Gasteiger partial charge in [0, 0.05) is 5.69 Å². The summed E-state index contributed by atoms with van der Waals surface area (Å²) in [4.78, 5) is 1.81. The van der Waals surface area contributed by atoms with Crippen LogP contribution < -0.4 is 14.4 Å². The van der Waals surface area contributed by atoms with Gasteiger partial charge in [-0.2, -0.15) is 13.2 Å². The average Bonchev–Trinajstić information content (AvgIpc) is 2.59. The molecule has 4 nitrogen and oxygen atoms in total. The van der Waals surface area contributed by atoms with E-state index in [4.69, 9.17) is 9.47 Å². The lowest BCUT2D eigenvalue weighted by molar-refractivity contribution is -0.137. The number of halogens is 3. The van der Waals surface area contributed by atoms with E-state index in [0.29, 0.717) is 29.4 Å². The van der Waals surface area contributed by atoms with Gasteiger partial charge >= 0.3 is 6.18 Å². The summed E-state index contributed by atoms with van der Waals surface area (Å²) in [6.45, 7) is 0.108. The molecule has 0 saturated carbocycles. The van der Waals surface area contributed by atoms with Gasteiger partial charge in [0.05, 0.1) is 31.5 Å². The SMILES string of the molecule is COc1cccc2c1OC(CO)CN2c1ccc(C(F)(F)F)cc1. The molecular weight excluding hydrogens is 323 g/mol. The van der Waals surface area contributed by atoms with Crippen molar-refractivity contribution in [3.8, 4) is 11.5 Å². The number of fused-ring (bicyclic) bond motifs is 1. The van der Waals surface area contributed by atoms with Crippen molar-refractivity contribution < 1.29 is 27.8 Å². The number of rotatable bonds is 3. The minimum atomic E-state index is -4.38. The first-order valence-electron chi connectivity index (χ1n) is 7.33. The largest absolute Gasteiger partial charge is 0.493 e. The number of hydrogen-bond acceptors (Lipinski definition) is 4. The zero-order valence-corrected chi connectivity index (χ0v) is 12.9. The van der Waals surface area contributed by atoms with Crippen LogP contribution >= 0.6 is 0 Å². The van der Waals surface area contributed by atoms with Gasteiger partial charge < -0.3 is 19.5 Å². The maximum absolute atomic E-state index is 12.7. The lowest BCUT2D eigenvalue weighted by atomic mass is 10.1. The highest BCUT2D eigenvalue weighted by atomic mass is 19.4. The number of benzene rings is 2. The molecule has 0 spiro atoms. The Morgan fingerprint density at radius 1 is 1.21 bits per heavy atom. The molecule has 0 amide bonds. The first kappa shape index (κ1) is 16.4. The van der Waals surface area contributed by atoms with E-state index in [-0.39, 0.29) is 6.61 Å². The van der Waals surface area contributed by atoms with E-state index in [9.17, 15) is 18.3 Å². The topological polar surface area (TPSA) is 41.9 Å². The van der Waals surface area contributed by atoms with Gasteiger partial charge in [0.15, 0.2) is 11.5 Å². The van der Waals surface area contributed by atoms with Crippen LogP contribution in [0.4, 0.5) is 24.5 Å². The molecule has 0 aliphatic carbocycles. The lowest BCUT2D eigenvalue weighted by Gasteiger charge is -2.36. The van der Waals surface area contributed by atoms with Crippen LogP contribution in [0.5, 0.6) is 11.5 Å². The van der Waals surface area contributed by atoms with E-state index in [1.54, 1.807) is 18.2 Å². The van der Waals surface area contributed by atoms with E-state index in [1.807, 2.05) is 4.90 Å². The monoisotopic (exact) mass is 339 g/mol. The van der Waals surface area contributed by atoms with Gasteiger partial charge in [0.25, 0.3) is 0 Å². The number of aliphatic hydroxyl groups is 1. The summed E-state index contributed by atoms with van der Waals surface area (Å²) in [5, 5.41) is 9.45. The summed E-state index contributed by atoms with van der Waals surface area (Å²) in [5.74, 6) is 0.966. The Morgan fingerprint density at radius 3 is 2.50 bits per heavy atom. The van der Waals surface area contributed by atoms with Crippen molar-refractivity contribution in [3.05, 3.63) is 48.0 Å². The fraction of sp³-hybridized carbons (Fsp3) is 0.294. The first-order chi connectivity index (χ1) is 11.4. The van der Waals surface area contributed by atoms with E-state index in [2.05, 4.69) is 0 Å². The Morgan fingerprint density at radius 2 is 1.92 bits per heavy atom. The summed E-state index contributed by atoms with van der Waals surface area (Å²) in [6.07, 6.45) is -4.88. The van der Waals surface area contributed by atoms with Crippen LogP contribution in [-0.2, 0) is 6.18 Å². The van der Waals surface area contributed by atoms with Crippen LogP contribution in [0, 0.1) is 0 Å². The van der Waals surface area contributed by atoms with Crippen molar-refractivity contribution in [2.75, 3.05) is 25.2 Å². The molecular formula is C17H16F3NO3. The molecule has 2 aromatic rings. The van der Waals surface area contributed by atoms with Crippen LogP contribution in [0.15, 0.2) is 42.5 Å². The molecule has 1 atom stereocenters. The Bertz CT molecular complexity index is 716. The molecule has 1 heterocycles. The quantitative estimate of drug-likeness (QED) is 0.928. The fourth-order valence-electron chi connectivity index (χ4n) is 2.67. The zero-order chi connectivity index (χ0) is 17.3. The zero-order valence-electron chi connectivity index (χ0n) is 12.9. The molecule has 0 aromatic heterocycles. The second-order valence-electron chi connectivity index (χ2n) is 5.39. The molecule has 7 heteroatoms. The molecule has 2 aromatic carbocycles. The predicted octanol–water partition coefficient (Wildman–Crippen LogP) is 3.61. The number of methoxy groups -OCH3 is 1. The minimum Gasteiger partial charge on any atom is -0.493 e. The molecule has 1 unspecified atom stereocenters. The number of hydrogen-bond donors (Lipinski definition) is 1. The van der Waals surface area contributed by atoms with E-state index < -0.39 is 17.8 Å². The van der Waals surface area contributed by atoms with Gasteiger partial charge in [-0.25, -0.2) is 0 Å². The maximum Gasteiger partial charge on any atom is 0.416 e. The van der Waals surface area contributed by atoms with Crippen molar-refractivity contribution in [3.63, 3.8) is 0 Å². The fourth-order valence-corrected chi connectivity index (χ4v) is 2.67. The Kier molecular flexibility index (Phi) is 4.28. The minimum absolute atomic E-state index is 0.214. The summed E-state index contributed by atoms with van der Waals surface area (Å²) in [6, 6.07) is 10.2. The van der Waals surface area contributed by atoms with Gasteiger partial charge in [-0.3, -0.25) is 0 Å². The summed E-state index contributed by atoms with van der Waals surface area (Å²) >= 11 is 0. The van der Waals surface area contributed by atoms with E-state index in [0.717, 1.165) is 12.1 Å². The lowest BCUT2D eigenvalue weighted by Crippen LogP contribution is -2.39. The number of para-hydroxylation sites is 1. The van der Waals surface area contributed by atoms with Gasteiger partial charge in [0.2, 0.25) is 0 Å². The van der Waals surface area contributed by atoms with Crippen molar-refractivity contribution in [2.45, 2.75) is 12.3 Å². The van der Waals surface area contributed by atoms with Gasteiger partial charge in [-0.15, -0.1) is 0 Å². The highest BCUT2D eigenvalue weighted by Gasteiger charge is 2.32. The second kappa shape index (κ2) is 6.24. The highest BCUT2D eigenvalue weighted by molar-refractivity contribution is 5.74. The van der Waals surface area contributed by atoms with Crippen molar-refractivity contribution in [2.24, 2.45) is 0 Å². The van der Waals surface area contributed by atoms with Gasteiger partial charge in [-0.1, -0.05) is 6.07 Å². The van der Waals surface area contributed by atoms with Crippen LogP contribution in [0.1, 0.15) is 5.56 Å². The summed E-state index contributed by atoms with van der Waals surface area (Å²) in [5.41, 5.74) is 0.558. The standard InChI is InChI=1S/C17H16F3NO3/c1-23-15-4-2-3-14-16(15)24-13(10-22)9-21(14)12-7-5-11(6-8-12)17(18,19)20/h2-8,13,22H,9-10H2,1H3. The summed E-state index contributed by atoms with van der Waals surface area (Å²) in [7, 11) is 1.50. The molecule has 1 aliphatic heterocycles. The third-order valence-corrected chi connectivity index (χ3v) is 3.85. The van der Waals surface area contributed by atoms with Crippen LogP contribution in [0.25, 0.3) is 0 Å². The third-order valence-electron chi connectivity index (χ3n) is 3.85. The maximum atomic E-state index is 12.7. The Balaban J connectivity index is 2.02. The number of aliphatic hydroxyl groups excluding tert-OH is 1. The molecule has 128 valence electrons. The van der Waals surface area contributed by atoms with Gasteiger partial charge in [0.1, 0.15) is 6.10 Å². The number of nitrogens with zero attached hydrogens (tertiary/aromatic N) is 1. The highest BCUT2D eigenvalue weighted by Crippen LogP contribution is 2.44. The van der Waals surface area contributed by atoms with E-state index >= 15 is 0 Å². The van der Waals surface area contributed by atoms with Crippen LogP contribution in [0.3, 0.4) is 0 Å². The third kappa shape index (κ3) is 2.99. The molecule has 24 heavy (non-hydrogen) atoms. The smallest absolute Gasteiger partial charge is 0.416 e. The van der Waals surface area contributed by atoms with Crippen LogP contribution in [-0.4, -0.2) is 31.5 Å². The van der Waals surface area contributed by atoms with Crippen molar-refractivity contribution in [1.29, 1.82) is 0 Å². The molecule has 0 saturated heterocycles. The number of ether oxygens (including phenoxy) is 2. The summed E-state index contributed by atoms with van der Waals surface area (Å²) < 4.78 is 49.2. The average molecular weight is 339 g/mol. The normalized spacial score (nSPS) is 17.2. The molecule has 1 N–H and O–H groups in total. The Hall–Kier alpha value is -2.41. The molecule has 0 bridgehead atoms. The first-order valence-corrected chi connectivity index (χ1v) is 7.33. The second-order valence-corrected chi connectivity index (χ2v) is 5.39. The Labute approximate surface area is 137 Å². The molecule has 1 aliphatic rings. The number of anilines is 2. The van der Waals surface area contributed by atoms with E-state index in [1.165, 1.54) is 19.2 Å². The number of alkyl halides is 3. The molecule has 0 fully saturated rings. The molecule has 0 radical (unpaired) electrons.